The van der Waals surface area contributed by atoms with Gasteiger partial charge in [0.25, 0.3) is 0 Å². The molecule has 0 aliphatic carbocycles. The molecule has 30 heavy (non-hydrogen) atoms. The minimum absolute atomic E-state index is 0.314. The van der Waals surface area contributed by atoms with Crippen molar-refractivity contribution < 1.29 is 9.47 Å². The Balaban J connectivity index is 1.72. The molecule has 0 unspecified atom stereocenters. The molecule has 1 saturated heterocycles. The van der Waals surface area contributed by atoms with Gasteiger partial charge in [0.1, 0.15) is 17.3 Å². The Morgan fingerprint density at radius 3 is 2.77 bits per heavy atom. The summed E-state index contributed by atoms with van der Waals surface area (Å²) < 4.78 is 11.7. The van der Waals surface area contributed by atoms with E-state index in [2.05, 4.69) is 25.9 Å². The molecule has 0 radical (unpaired) electrons. The van der Waals surface area contributed by atoms with Crippen LogP contribution in [0.3, 0.4) is 0 Å². The van der Waals surface area contributed by atoms with Crippen LogP contribution in [0.1, 0.15) is 17.0 Å². The lowest BCUT2D eigenvalue weighted by atomic mass is 10.1. The molecule has 0 atom stereocenters. The van der Waals surface area contributed by atoms with E-state index in [1.165, 1.54) is 0 Å². The van der Waals surface area contributed by atoms with Crippen LogP contribution in [-0.2, 0) is 11.3 Å². The number of hydrogen-bond donors (Lipinski definition) is 1. The van der Waals surface area contributed by atoms with Gasteiger partial charge in [0.2, 0.25) is 0 Å². The fourth-order valence-electron chi connectivity index (χ4n) is 3.26. The number of anilines is 1. The van der Waals surface area contributed by atoms with Crippen LogP contribution >= 0.6 is 0 Å². The van der Waals surface area contributed by atoms with Gasteiger partial charge in [-0.3, -0.25) is 0 Å². The quantitative estimate of drug-likeness (QED) is 0.694. The van der Waals surface area contributed by atoms with Gasteiger partial charge in [-0.1, -0.05) is 0 Å². The molecule has 8 heteroatoms. The van der Waals surface area contributed by atoms with Crippen molar-refractivity contribution in [3.05, 3.63) is 59.5 Å². The molecule has 0 spiro atoms. The zero-order valence-corrected chi connectivity index (χ0v) is 16.7. The normalized spacial score (nSPS) is 13.7. The summed E-state index contributed by atoms with van der Waals surface area (Å²) in [6.07, 6.45) is 1.67. The van der Waals surface area contributed by atoms with Gasteiger partial charge in [-0.05, 0) is 31.2 Å². The van der Waals surface area contributed by atoms with Crippen molar-refractivity contribution in [2.45, 2.75) is 13.5 Å². The highest BCUT2D eigenvalue weighted by atomic mass is 16.5. The molecule has 1 aliphatic rings. The number of nitriles is 1. The number of morpholine rings is 1. The summed E-state index contributed by atoms with van der Waals surface area (Å²) in [5, 5.41) is 9.35. The maximum Gasteiger partial charge on any atom is 0.163 e. The first-order valence-corrected chi connectivity index (χ1v) is 9.72. The summed E-state index contributed by atoms with van der Waals surface area (Å²) in [6, 6.07) is 12.9. The predicted molar refractivity (Wildman–Crippen MR) is 112 cm³/mol. The van der Waals surface area contributed by atoms with Crippen LogP contribution in [0.25, 0.3) is 11.4 Å². The number of hydrogen-bond acceptors (Lipinski definition) is 8. The molecule has 1 fully saturated rings. The van der Waals surface area contributed by atoms with E-state index in [4.69, 9.17) is 15.2 Å². The first-order chi connectivity index (χ1) is 14.7. The molecule has 0 saturated carbocycles. The van der Waals surface area contributed by atoms with Crippen molar-refractivity contribution in [1.29, 1.82) is 5.26 Å². The number of aryl methyl sites for hydroxylation is 1. The highest BCUT2D eigenvalue weighted by Crippen LogP contribution is 2.34. The third-order valence-electron chi connectivity index (χ3n) is 4.75. The molecule has 4 rings (SSSR count). The summed E-state index contributed by atoms with van der Waals surface area (Å²) in [6.45, 7) is 5.16. The summed E-state index contributed by atoms with van der Waals surface area (Å²) in [4.78, 5) is 15.7. The highest BCUT2D eigenvalue weighted by Gasteiger charge is 2.16. The molecule has 2 aromatic heterocycles. The minimum Gasteiger partial charge on any atom is -0.456 e. The Hall–Kier alpha value is -3.54. The fourth-order valence-corrected chi connectivity index (χ4v) is 3.26. The van der Waals surface area contributed by atoms with E-state index in [-0.39, 0.29) is 0 Å². The van der Waals surface area contributed by atoms with Gasteiger partial charge in [0.15, 0.2) is 5.82 Å². The number of pyridine rings is 1. The van der Waals surface area contributed by atoms with Crippen LogP contribution < -0.4 is 15.4 Å². The molecular formula is C22H22N6O2. The second kappa shape index (κ2) is 8.86. The lowest BCUT2D eigenvalue weighted by Gasteiger charge is -2.28. The molecule has 3 heterocycles. The summed E-state index contributed by atoms with van der Waals surface area (Å²) in [5.74, 6) is 2.47. The molecule has 152 valence electrons. The van der Waals surface area contributed by atoms with Crippen molar-refractivity contribution in [2.24, 2.45) is 5.73 Å². The Morgan fingerprint density at radius 1 is 1.17 bits per heavy atom. The van der Waals surface area contributed by atoms with Gasteiger partial charge >= 0.3 is 0 Å². The van der Waals surface area contributed by atoms with Crippen molar-refractivity contribution >= 4 is 5.82 Å². The van der Waals surface area contributed by atoms with Crippen molar-refractivity contribution in [1.82, 2.24) is 15.0 Å². The van der Waals surface area contributed by atoms with Gasteiger partial charge in [-0.25, -0.2) is 15.0 Å². The molecule has 1 aromatic carbocycles. The highest BCUT2D eigenvalue weighted by molar-refractivity contribution is 5.67. The van der Waals surface area contributed by atoms with E-state index in [1.54, 1.807) is 30.5 Å². The van der Waals surface area contributed by atoms with E-state index in [0.717, 1.165) is 30.3 Å². The standard InChI is InChI=1S/C22H22N6O2/c1-15-10-18(12-21(26-15)28-6-8-29-9-7-28)30-20-11-16(13-23)2-3-19(20)22-25-5-4-17(14-24)27-22/h2-5,10-12H,6-9,14,24H2,1H3. The minimum atomic E-state index is 0.314. The van der Waals surface area contributed by atoms with Crippen LogP contribution in [0.15, 0.2) is 42.6 Å². The van der Waals surface area contributed by atoms with Crippen LogP contribution in [0.2, 0.25) is 0 Å². The van der Waals surface area contributed by atoms with Crippen LogP contribution in [-0.4, -0.2) is 41.3 Å². The zero-order valence-electron chi connectivity index (χ0n) is 16.7. The zero-order chi connectivity index (χ0) is 20.9. The van der Waals surface area contributed by atoms with E-state index in [0.29, 0.717) is 48.2 Å². The number of aromatic nitrogens is 3. The molecule has 1 aliphatic heterocycles. The summed E-state index contributed by atoms with van der Waals surface area (Å²) >= 11 is 0. The summed E-state index contributed by atoms with van der Waals surface area (Å²) in [7, 11) is 0. The second-order valence-corrected chi connectivity index (χ2v) is 6.90. The van der Waals surface area contributed by atoms with Gasteiger partial charge in [-0.2, -0.15) is 5.26 Å². The predicted octanol–water partition coefficient (Wildman–Crippen LogP) is 2.81. The monoisotopic (exact) mass is 402 g/mol. The van der Waals surface area contributed by atoms with Gasteiger partial charge in [0.05, 0.1) is 36.1 Å². The number of rotatable bonds is 5. The van der Waals surface area contributed by atoms with Crippen LogP contribution in [0.5, 0.6) is 11.5 Å². The largest absolute Gasteiger partial charge is 0.456 e. The average molecular weight is 402 g/mol. The van der Waals surface area contributed by atoms with Gasteiger partial charge in [0, 0.05) is 43.7 Å². The Labute approximate surface area is 174 Å². The molecular weight excluding hydrogens is 380 g/mol. The fraction of sp³-hybridized carbons (Fsp3) is 0.273. The lowest BCUT2D eigenvalue weighted by Crippen LogP contribution is -2.36. The maximum absolute atomic E-state index is 9.35. The number of benzene rings is 1. The Morgan fingerprint density at radius 2 is 2.00 bits per heavy atom. The van der Waals surface area contributed by atoms with Crippen LogP contribution in [0.4, 0.5) is 5.82 Å². The van der Waals surface area contributed by atoms with E-state index in [9.17, 15) is 5.26 Å². The van der Waals surface area contributed by atoms with Crippen molar-refractivity contribution in [3.8, 4) is 29.0 Å². The number of nitrogens with zero attached hydrogens (tertiary/aromatic N) is 5. The van der Waals surface area contributed by atoms with Crippen molar-refractivity contribution in [3.63, 3.8) is 0 Å². The lowest BCUT2D eigenvalue weighted by molar-refractivity contribution is 0.122. The first-order valence-electron chi connectivity index (χ1n) is 9.72. The van der Waals surface area contributed by atoms with Gasteiger partial charge in [-0.15, -0.1) is 0 Å². The smallest absolute Gasteiger partial charge is 0.163 e. The average Bonchev–Trinajstić information content (AvgIpc) is 2.79. The SMILES string of the molecule is Cc1cc(Oc2cc(C#N)ccc2-c2nccc(CN)n2)cc(N2CCOCC2)n1. The molecule has 2 N–H and O–H groups in total. The summed E-state index contributed by atoms with van der Waals surface area (Å²) in [5.41, 5.74) is 8.47. The Kier molecular flexibility index (Phi) is 5.84. The first kappa shape index (κ1) is 19.8. The third-order valence-corrected chi connectivity index (χ3v) is 4.75. The Bertz CT molecular complexity index is 1090. The van der Waals surface area contributed by atoms with E-state index < -0.39 is 0 Å². The van der Waals surface area contributed by atoms with E-state index >= 15 is 0 Å². The second-order valence-electron chi connectivity index (χ2n) is 6.90. The van der Waals surface area contributed by atoms with Crippen molar-refractivity contribution in [2.75, 3.05) is 31.2 Å². The maximum atomic E-state index is 9.35. The topological polar surface area (TPSA) is 110 Å². The van der Waals surface area contributed by atoms with E-state index in [1.807, 2.05) is 19.1 Å². The molecule has 0 amide bonds. The third kappa shape index (κ3) is 4.38. The van der Waals surface area contributed by atoms with Gasteiger partial charge < -0.3 is 20.1 Å². The molecule has 3 aromatic rings. The molecule has 8 nitrogen and oxygen atoms in total. The number of ether oxygens (including phenoxy) is 2. The van der Waals surface area contributed by atoms with Crippen LogP contribution in [0, 0.1) is 18.3 Å². The number of nitrogens with two attached hydrogens (primary N) is 1. The molecule has 0 bridgehead atoms.